The van der Waals surface area contributed by atoms with E-state index in [1.54, 1.807) is 12.1 Å². The number of benzene rings is 2. The molecule has 0 bridgehead atoms. The standard InChI is InChI=1S/C16H18ClFN2O/c17-15-8-4-5-12(16(15)18)11-13(20-19)9-10-21-14-6-2-1-3-7-14/h1-8,13,20H,9-11,19H2. The summed E-state index contributed by atoms with van der Waals surface area (Å²) in [5.74, 6) is 5.95. The highest BCUT2D eigenvalue weighted by atomic mass is 35.5. The van der Waals surface area contributed by atoms with Gasteiger partial charge in [0.2, 0.25) is 0 Å². The Morgan fingerprint density at radius 1 is 1.14 bits per heavy atom. The summed E-state index contributed by atoms with van der Waals surface area (Å²) in [6, 6.07) is 14.4. The molecule has 0 spiro atoms. The molecule has 0 saturated carbocycles. The molecule has 0 saturated heterocycles. The Morgan fingerprint density at radius 3 is 2.62 bits per heavy atom. The van der Waals surface area contributed by atoms with Crippen molar-refractivity contribution in [3.05, 3.63) is 64.9 Å². The molecule has 1 unspecified atom stereocenters. The van der Waals surface area contributed by atoms with Gasteiger partial charge in [0.25, 0.3) is 0 Å². The van der Waals surface area contributed by atoms with Crippen molar-refractivity contribution in [2.45, 2.75) is 18.9 Å². The third kappa shape index (κ3) is 4.70. The van der Waals surface area contributed by atoms with Gasteiger partial charge in [-0.15, -0.1) is 0 Å². The summed E-state index contributed by atoms with van der Waals surface area (Å²) in [4.78, 5) is 0. The van der Waals surface area contributed by atoms with Crippen molar-refractivity contribution >= 4 is 11.6 Å². The maximum absolute atomic E-state index is 13.9. The third-order valence-corrected chi connectivity index (χ3v) is 3.50. The maximum Gasteiger partial charge on any atom is 0.145 e. The quantitative estimate of drug-likeness (QED) is 0.609. The van der Waals surface area contributed by atoms with Crippen LogP contribution in [-0.4, -0.2) is 12.6 Å². The zero-order valence-electron chi connectivity index (χ0n) is 11.6. The van der Waals surface area contributed by atoms with Gasteiger partial charge in [-0.3, -0.25) is 11.3 Å². The van der Waals surface area contributed by atoms with E-state index in [2.05, 4.69) is 5.43 Å². The summed E-state index contributed by atoms with van der Waals surface area (Å²) < 4.78 is 19.5. The molecular weight excluding hydrogens is 291 g/mol. The van der Waals surface area contributed by atoms with Crippen LogP contribution in [0.5, 0.6) is 5.75 Å². The molecule has 21 heavy (non-hydrogen) atoms. The number of halogens is 2. The number of hydrogen-bond donors (Lipinski definition) is 2. The second-order valence-corrected chi connectivity index (χ2v) is 5.14. The smallest absolute Gasteiger partial charge is 0.145 e. The third-order valence-electron chi connectivity index (χ3n) is 3.21. The van der Waals surface area contributed by atoms with E-state index in [1.807, 2.05) is 30.3 Å². The summed E-state index contributed by atoms with van der Waals surface area (Å²) in [7, 11) is 0. The van der Waals surface area contributed by atoms with E-state index in [4.69, 9.17) is 22.2 Å². The van der Waals surface area contributed by atoms with Gasteiger partial charge in [0.1, 0.15) is 11.6 Å². The molecule has 2 rings (SSSR count). The van der Waals surface area contributed by atoms with Gasteiger partial charge in [-0.2, -0.15) is 0 Å². The summed E-state index contributed by atoms with van der Waals surface area (Å²) >= 11 is 5.77. The number of ether oxygens (including phenoxy) is 1. The van der Waals surface area contributed by atoms with Crippen LogP contribution in [0.3, 0.4) is 0 Å². The first-order valence-corrected chi connectivity index (χ1v) is 7.15. The van der Waals surface area contributed by atoms with Gasteiger partial charge in [-0.25, -0.2) is 4.39 Å². The molecule has 0 fully saturated rings. The molecule has 1 atom stereocenters. The highest BCUT2D eigenvalue weighted by Crippen LogP contribution is 2.19. The van der Waals surface area contributed by atoms with Crippen LogP contribution < -0.4 is 16.0 Å². The predicted molar refractivity (Wildman–Crippen MR) is 82.8 cm³/mol. The molecule has 0 aliphatic carbocycles. The minimum Gasteiger partial charge on any atom is -0.494 e. The van der Waals surface area contributed by atoms with E-state index >= 15 is 0 Å². The van der Waals surface area contributed by atoms with Crippen LogP contribution >= 0.6 is 11.6 Å². The van der Waals surface area contributed by atoms with Gasteiger partial charge in [-0.1, -0.05) is 41.9 Å². The molecule has 0 aromatic heterocycles. The van der Waals surface area contributed by atoms with Crippen LogP contribution in [0, 0.1) is 5.82 Å². The number of hydrogen-bond acceptors (Lipinski definition) is 3. The van der Waals surface area contributed by atoms with Crippen LogP contribution in [-0.2, 0) is 6.42 Å². The van der Waals surface area contributed by atoms with Crippen LogP contribution in [0.15, 0.2) is 48.5 Å². The Bertz CT molecular complexity index is 565. The number of nitrogens with one attached hydrogen (secondary N) is 1. The molecule has 3 N–H and O–H groups in total. The molecular formula is C16H18ClFN2O. The van der Waals surface area contributed by atoms with Crippen molar-refractivity contribution in [3.8, 4) is 5.75 Å². The van der Waals surface area contributed by atoms with Crippen molar-refractivity contribution in [2.24, 2.45) is 5.84 Å². The average Bonchev–Trinajstić information content (AvgIpc) is 2.51. The Hall–Kier alpha value is -1.62. The molecule has 0 amide bonds. The van der Waals surface area contributed by atoms with Crippen molar-refractivity contribution < 1.29 is 9.13 Å². The van der Waals surface area contributed by atoms with E-state index in [1.165, 1.54) is 6.07 Å². The molecule has 2 aromatic carbocycles. The van der Waals surface area contributed by atoms with E-state index in [0.29, 0.717) is 25.0 Å². The fraction of sp³-hybridized carbons (Fsp3) is 0.250. The predicted octanol–water partition coefficient (Wildman–Crippen LogP) is 3.32. The molecule has 0 heterocycles. The van der Waals surface area contributed by atoms with Gasteiger partial charge in [0.15, 0.2) is 0 Å². The van der Waals surface area contributed by atoms with E-state index < -0.39 is 0 Å². The van der Waals surface area contributed by atoms with Gasteiger partial charge < -0.3 is 4.74 Å². The van der Waals surface area contributed by atoms with Gasteiger partial charge >= 0.3 is 0 Å². The SMILES string of the molecule is NNC(CCOc1ccccc1)Cc1cccc(Cl)c1F. The largest absolute Gasteiger partial charge is 0.494 e. The molecule has 112 valence electrons. The summed E-state index contributed by atoms with van der Waals surface area (Å²) in [5, 5.41) is 0.129. The van der Waals surface area contributed by atoms with Crippen LogP contribution in [0.1, 0.15) is 12.0 Å². The van der Waals surface area contributed by atoms with Crippen molar-refractivity contribution in [3.63, 3.8) is 0 Å². The van der Waals surface area contributed by atoms with Gasteiger partial charge in [0, 0.05) is 6.04 Å². The Balaban J connectivity index is 1.87. The van der Waals surface area contributed by atoms with Crippen LogP contribution in [0.25, 0.3) is 0 Å². The van der Waals surface area contributed by atoms with E-state index in [-0.39, 0.29) is 16.9 Å². The number of nitrogens with two attached hydrogens (primary N) is 1. The summed E-state index contributed by atoms with van der Waals surface area (Å²) in [6.45, 7) is 0.501. The second-order valence-electron chi connectivity index (χ2n) is 4.73. The lowest BCUT2D eigenvalue weighted by Gasteiger charge is -2.17. The Kier molecular flexibility index (Phi) is 5.99. The Morgan fingerprint density at radius 2 is 1.90 bits per heavy atom. The molecule has 0 radical (unpaired) electrons. The normalized spacial score (nSPS) is 12.1. The molecule has 0 aliphatic rings. The maximum atomic E-state index is 13.9. The lowest BCUT2D eigenvalue weighted by atomic mass is 10.0. The highest BCUT2D eigenvalue weighted by molar-refractivity contribution is 6.30. The highest BCUT2D eigenvalue weighted by Gasteiger charge is 2.13. The fourth-order valence-corrected chi connectivity index (χ4v) is 2.25. The van der Waals surface area contributed by atoms with Crippen LogP contribution in [0.2, 0.25) is 5.02 Å². The lowest BCUT2D eigenvalue weighted by Crippen LogP contribution is -2.38. The van der Waals surface area contributed by atoms with Crippen molar-refractivity contribution in [1.29, 1.82) is 0 Å². The van der Waals surface area contributed by atoms with Crippen LogP contribution in [0.4, 0.5) is 4.39 Å². The molecule has 0 aliphatic heterocycles. The van der Waals surface area contributed by atoms with Crippen molar-refractivity contribution in [2.75, 3.05) is 6.61 Å². The van der Waals surface area contributed by atoms with Gasteiger partial charge in [0.05, 0.1) is 11.6 Å². The van der Waals surface area contributed by atoms with E-state index in [0.717, 1.165) is 5.75 Å². The molecule has 5 heteroatoms. The summed E-state index contributed by atoms with van der Waals surface area (Å²) in [6.07, 6.45) is 1.12. The first-order valence-electron chi connectivity index (χ1n) is 6.77. The molecule has 3 nitrogen and oxygen atoms in total. The van der Waals surface area contributed by atoms with E-state index in [9.17, 15) is 4.39 Å². The lowest BCUT2D eigenvalue weighted by molar-refractivity contribution is 0.284. The summed E-state index contributed by atoms with van der Waals surface area (Å²) in [5.41, 5.74) is 3.24. The number of para-hydroxylation sites is 1. The first kappa shape index (κ1) is 15.8. The Labute approximate surface area is 128 Å². The van der Waals surface area contributed by atoms with Gasteiger partial charge in [-0.05, 0) is 36.6 Å². The number of rotatable bonds is 7. The zero-order valence-corrected chi connectivity index (χ0v) is 12.3. The fourth-order valence-electron chi connectivity index (χ4n) is 2.05. The average molecular weight is 309 g/mol. The topological polar surface area (TPSA) is 47.3 Å². The minimum absolute atomic E-state index is 0.0818. The molecule has 2 aromatic rings. The van der Waals surface area contributed by atoms with Crippen molar-refractivity contribution in [1.82, 2.24) is 5.43 Å². The number of hydrazine groups is 1. The first-order chi connectivity index (χ1) is 10.2. The minimum atomic E-state index is -0.386. The monoisotopic (exact) mass is 308 g/mol. The zero-order chi connectivity index (χ0) is 15.1. The second kappa shape index (κ2) is 7.98.